The molecule has 1 heterocycles. The van der Waals surface area contributed by atoms with Crippen LogP contribution >= 0.6 is 0 Å². The number of nitrogens with zero attached hydrogens (tertiary/aromatic N) is 3. The fraction of sp³-hybridized carbons (Fsp3) is 0.312. The summed E-state index contributed by atoms with van der Waals surface area (Å²) < 4.78 is 0. The molecule has 2 rings (SSSR count). The number of para-hydroxylation sites is 1. The molecular weight excluding hydrogens is 264 g/mol. The van der Waals surface area contributed by atoms with Gasteiger partial charge in [0.05, 0.1) is 6.20 Å². The van der Waals surface area contributed by atoms with Crippen molar-refractivity contribution in [3.05, 3.63) is 54.6 Å². The van der Waals surface area contributed by atoms with Gasteiger partial charge in [0.1, 0.15) is 5.69 Å². The van der Waals surface area contributed by atoms with Crippen LogP contribution < -0.4 is 10.2 Å². The lowest BCUT2D eigenvalue weighted by Crippen LogP contribution is -2.30. The second-order valence-electron chi connectivity index (χ2n) is 4.62. The van der Waals surface area contributed by atoms with E-state index < -0.39 is 0 Å². The molecule has 0 saturated heterocycles. The van der Waals surface area contributed by atoms with Crippen LogP contribution in [0.1, 0.15) is 23.8 Å². The molecule has 2 aromatic rings. The maximum atomic E-state index is 11.8. The second-order valence-corrected chi connectivity index (χ2v) is 4.62. The Bertz CT molecular complexity index is 545. The third kappa shape index (κ3) is 4.56. The van der Waals surface area contributed by atoms with Gasteiger partial charge in [-0.15, -0.1) is 0 Å². The molecule has 0 aliphatic carbocycles. The molecule has 0 aliphatic rings. The maximum absolute atomic E-state index is 11.8. The van der Waals surface area contributed by atoms with Crippen LogP contribution in [0.15, 0.2) is 48.9 Å². The summed E-state index contributed by atoms with van der Waals surface area (Å²) in [5, 5.41) is 2.86. The average Bonchev–Trinajstić information content (AvgIpc) is 2.56. The van der Waals surface area contributed by atoms with Crippen LogP contribution in [0, 0.1) is 0 Å². The van der Waals surface area contributed by atoms with E-state index in [1.165, 1.54) is 18.1 Å². The molecule has 1 aromatic heterocycles. The predicted molar refractivity (Wildman–Crippen MR) is 83.3 cm³/mol. The Labute approximate surface area is 125 Å². The van der Waals surface area contributed by atoms with Gasteiger partial charge in [-0.3, -0.25) is 9.78 Å². The first kappa shape index (κ1) is 15.0. The maximum Gasteiger partial charge on any atom is 0.271 e. The van der Waals surface area contributed by atoms with Gasteiger partial charge in [-0.1, -0.05) is 18.2 Å². The molecule has 1 aromatic carbocycles. The first-order chi connectivity index (χ1) is 10.3. The molecule has 1 N–H and O–H groups in total. The summed E-state index contributed by atoms with van der Waals surface area (Å²) >= 11 is 0. The second kappa shape index (κ2) is 7.99. The lowest BCUT2D eigenvalue weighted by Gasteiger charge is -2.23. The topological polar surface area (TPSA) is 58.1 Å². The summed E-state index contributed by atoms with van der Waals surface area (Å²) in [6.45, 7) is 4.60. The van der Waals surface area contributed by atoms with Gasteiger partial charge in [0.15, 0.2) is 0 Å². The van der Waals surface area contributed by atoms with Crippen LogP contribution in [0.25, 0.3) is 0 Å². The van der Waals surface area contributed by atoms with Crippen LogP contribution in [-0.4, -0.2) is 35.5 Å². The Morgan fingerprint density at radius 2 is 2.05 bits per heavy atom. The van der Waals surface area contributed by atoms with Gasteiger partial charge in [-0.2, -0.15) is 0 Å². The number of carbonyl (C=O) groups excluding carboxylic acids is 1. The van der Waals surface area contributed by atoms with Crippen LogP contribution in [0.4, 0.5) is 5.69 Å². The van der Waals surface area contributed by atoms with Gasteiger partial charge < -0.3 is 10.2 Å². The van der Waals surface area contributed by atoms with Crippen molar-refractivity contribution in [2.24, 2.45) is 0 Å². The molecular formula is C16H20N4O. The Morgan fingerprint density at radius 3 is 2.71 bits per heavy atom. The van der Waals surface area contributed by atoms with Crippen LogP contribution in [-0.2, 0) is 0 Å². The number of carbonyl (C=O) groups is 1. The van der Waals surface area contributed by atoms with Crippen LogP contribution in [0.5, 0.6) is 0 Å². The number of anilines is 1. The Balaban J connectivity index is 1.75. The van der Waals surface area contributed by atoms with Gasteiger partial charge in [0.25, 0.3) is 5.91 Å². The number of nitrogens with one attached hydrogen (secondary N) is 1. The lowest BCUT2D eigenvalue weighted by atomic mass is 10.2. The van der Waals surface area contributed by atoms with Gasteiger partial charge >= 0.3 is 0 Å². The summed E-state index contributed by atoms with van der Waals surface area (Å²) in [7, 11) is 0. The van der Waals surface area contributed by atoms with E-state index in [1.54, 1.807) is 6.20 Å². The molecule has 0 atom stereocenters. The zero-order chi connectivity index (χ0) is 14.9. The minimum absolute atomic E-state index is 0.175. The van der Waals surface area contributed by atoms with Crippen molar-refractivity contribution in [1.29, 1.82) is 0 Å². The van der Waals surface area contributed by atoms with Crippen molar-refractivity contribution in [2.45, 2.75) is 13.3 Å². The molecule has 110 valence electrons. The van der Waals surface area contributed by atoms with Gasteiger partial charge in [-0.25, -0.2) is 4.98 Å². The normalized spacial score (nSPS) is 10.1. The number of hydrogen-bond acceptors (Lipinski definition) is 4. The van der Waals surface area contributed by atoms with Gasteiger partial charge in [-0.05, 0) is 25.5 Å². The highest BCUT2D eigenvalue weighted by Crippen LogP contribution is 2.12. The molecule has 0 saturated carbocycles. The zero-order valence-electron chi connectivity index (χ0n) is 12.2. The van der Waals surface area contributed by atoms with Crippen molar-refractivity contribution in [2.75, 3.05) is 24.5 Å². The minimum atomic E-state index is -0.175. The summed E-state index contributed by atoms with van der Waals surface area (Å²) in [4.78, 5) is 21.9. The fourth-order valence-corrected chi connectivity index (χ4v) is 2.09. The van der Waals surface area contributed by atoms with Crippen molar-refractivity contribution in [3.63, 3.8) is 0 Å². The highest BCUT2D eigenvalue weighted by molar-refractivity contribution is 5.91. The largest absolute Gasteiger partial charge is 0.372 e. The quantitative estimate of drug-likeness (QED) is 0.791. The fourth-order valence-electron chi connectivity index (χ4n) is 2.09. The molecule has 0 spiro atoms. The lowest BCUT2D eigenvalue weighted by molar-refractivity contribution is 0.0948. The number of aromatic nitrogens is 2. The first-order valence-corrected chi connectivity index (χ1v) is 7.15. The van der Waals surface area contributed by atoms with Crippen molar-refractivity contribution < 1.29 is 4.79 Å². The molecule has 0 fully saturated rings. The number of rotatable bonds is 7. The molecule has 0 aliphatic heterocycles. The Morgan fingerprint density at radius 1 is 1.24 bits per heavy atom. The number of amides is 1. The smallest absolute Gasteiger partial charge is 0.271 e. The SMILES string of the molecule is CCN(CCCNC(=O)c1cnccn1)c1ccccc1. The van der Waals surface area contributed by atoms with E-state index in [2.05, 4.69) is 39.2 Å². The van der Waals surface area contributed by atoms with E-state index in [9.17, 15) is 4.79 Å². The Kier molecular flexibility index (Phi) is 5.70. The molecule has 0 unspecified atom stereocenters. The zero-order valence-corrected chi connectivity index (χ0v) is 12.2. The van der Waals surface area contributed by atoms with E-state index in [0.717, 1.165) is 19.5 Å². The van der Waals surface area contributed by atoms with Crippen molar-refractivity contribution in [1.82, 2.24) is 15.3 Å². The summed E-state index contributed by atoms with van der Waals surface area (Å²) in [5.74, 6) is -0.175. The van der Waals surface area contributed by atoms with Crippen LogP contribution in [0.2, 0.25) is 0 Å². The highest BCUT2D eigenvalue weighted by atomic mass is 16.1. The monoisotopic (exact) mass is 284 g/mol. The third-order valence-corrected chi connectivity index (χ3v) is 3.19. The predicted octanol–water partition coefficient (Wildman–Crippen LogP) is 2.12. The minimum Gasteiger partial charge on any atom is -0.372 e. The van der Waals surface area contributed by atoms with Crippen molar-refractivity contribution >= 4 is 11.6 Å². The number of hydrogen-bond donors (Lipinski definition) is 1. The molecule has 0 bridgehead atoms. The molecule has 1 amide bonds. The van der Waals surface area contributed by atoms with Crippen molar-refractivity contribution in [3.8, 4) is 0 Å². The summed E-state index contributed by atoms with van der Waals surface area (Å²) in [6.07, 6.45) is 5.42. The average molecular weight is 284 g/mol. The van der Waals surface area contributed by atoms with Gasteiger partial charge in [0.2, 0.25) is 0 Å². The Hall–Kier alpha value is -2.43. The molecule has 0 radical (unpaired) electrons. The number of benzene rings is 1. The van der Waals surface area contributed by atoms with Gasteiger partial charge in [0, 0.05) is 37.7 Å². The highest BCUT2D eigenvalue weighted by Gasteiger charge is 2.07. The van der Waals surface area contributed by atoms with Crippen LogP contribution in [0.3, 0.4) is 0 Å². The molecule has 5 nitrogen and oxygen atoms in total. The molecule has 21 heavy (non-hydrogen) atoms. The summed E-state index contributed by atoms with van der Waals surface area (Å²) in [5.41, 5.74) is 1.56. The first-order valence-electron chi connectivity index (χ1n) is 7.15. The van der Waals surface area contributed by atoms with E-state index in [0.29, 0.717) is 12.2 Å². The van der Waals surface area contributed by atoms with E-state index >= 15 is 0 Å². The van der Waals surface area contributed by atoms with E-state index in [1.807, 2.05) is 18.2 Å². The molecule has 5 heteroatoms. The van der Waals surface area contributed by atoms with E-state index in [-0.39, 0.29) is 5.91 Å². The van der Waals surface area contributed by atoms with E-state index in [4.69, 9.17) is 0 Å². The third-order valence-electron chi connectivity index (χ3n) is 3.19. The summed E-state index contributed by atoms with van der Waals surface area (Å²) in [6, 6.07) is 10.3. The standard InChI is InChI=1S/C16H20N4O/c1-2-20(14-7-4-3-5-8-14)12-6-9-19-16(21)15-13-17-10-11-18-15/h3-5,7-8,10-11,13H,2,6,9,12H2,1H3,(H,19,21).